The third-order valence-corrected chi connectivity index (χ3v) is 5.31. The number of anilines is 1. The molecular formula is C20H29N3O. The molecule has 0 atom stereocenters. The van der Waals surface area contributed by atoms with E-state index in [1.807, 2.05) is 0 Å². The Kier molecular flexibility index (Phi) is 5.88. The second-order valence-electron chi connectivity index (χ2n) is 6.96. The number of hydrogen-bond donors (Lipinski definition) is 0. The molecular weight excluding hydrogens is 298 g/mol. The first-order valence-electron chi connectivity index (χ1n) is 8.93. The summed E-state index contributed by atoms with van der Waals surface area (Å²) >= 11 is 0. The first kappa shape index (κ1) is 18.3. The van der Waals surface area contributed by atoms with Gasteiger partial charge in [0.1, 0.15) is 5.54 Å². The number of carbonyl (C=O) groups excluding carboxylic acids is 1. The molecule has 0 N–H and O–H groups in total. The fourth-order valence-corrected chi connectivity index (χ4v) is 3.69. The molecule has 0 aromatic heterocycles. The Balaban J connectivity index is 2.15. The summed E-state index contributed by atoms with van der Waals surface area (Å²) in [5.41, 5.74) is 2.89. The van der Waals surface area contributed by atoms with Crippen LogP contribution in [0.1, 0.15) is 50.2 Å². The van der Waals surface area contributed by atoms with Crippen molar-refractivity contribution in [3.05, 3.63) is 29.3 Å². The van der Waals surface area contributed by atoms with Crippen LogP contribution in [-0.2, 0) is 4.79 Å². The lowest BCUT2D eigenvalue weighted by Crippen LogP contribution is -2.52. The summed E-state index contributed by atoms with van der Waals surface area (Å²) in [6.45, 7) is 7.31. The molecule has 1 saturated carbocycles. The first-order chi connectivity index (χ1) is 11.4. The minimum absolute atomic E-state index is 0.0280. The minimum Gasteiger partial charge on any atom is -0.362 e. The van der Waals surface area contributed by atoms with E-state index < -0.39 is 5.54 Å². The molecule has 0 spiro atoms. The maximum atomic E-state index is 12.9. The summed E-state index contributed by atoms with van der Waals surface area (Å²) in [5, 5.41) is 9.69. The third-order valence-electron chi connectivity index (χ3n) is 5.31. The number of amides is 1. The zero-order valence-electron chi connectivity index (χ0n) is 15.4. The molecule has 2 rings (SSSR count). The van der Waals surface area contributed by atoms with Crippen LogP contribution in [0, 0.1) is 25.2 Å². The van der Waals surface area contributed by atoms with Gasteiger partial charge in [-0.15, -0.1) is 0 Å². The summed E-state index contributed by atoms with van der Waals surface area (Å²) in [4.78, 5) is 16.7. The number of nitriles is 1. The van der Waals surface area contributed by atoms with Crippen LogP contribution >= 0.6 is 0 Å². The highest BCUT2D eigenvalue weighted by molar-refractivity contribution is 5.82. The van der Waals surface area contributed by atoms with Gasteiger partial charge in [-0.3, -0.25) is 4.79 Å². The van der Waals surface area contributed by atoms with Crippen molar-refractivity contribution < 1.29 is 4.79 Å². The van der Waals surface area contributed by atoms with E-state index in [1.165, 1.54) is 11.1 Å². The van der Waals surface area contributed by atoms with E-state index in [0.717, 1.165) is 44.3 Å². The van der Waals surface area contributed by atoms with Gasteiger partial charge in [0, 0.05) is 19.3 Å². The number of aryl methyl sites for hydroxylation is 2. The van der Waals surface area contributed by atoms with Crippen molar-refractivity contribution >= 4 is 11.6 Å². The lowest BCUT2D eigenvalue weighted by atomic mass is 9.81. The predicted molar refractivity (Wildman–Crippen MR) is 98.0 cm³/mol. The molecule has 1 aromatic carbocycles. The molecule has 0 radical (unpaired) electrons. The number of carbonyl (C=O) groups is 1. The van der Waals surface area contributed by atoms with Crippen LogP contribution in [0.2, 0.25) is 0 Å². The van der Waals surface area contributed by atoms with Crippen molar-refractivity contribution in [2.75, 3.05) is 25.0 Å². The van der Waals surface area contributed by atoms with E-state index in [2.05, 4.69) is 49.9 Å². The molecule has 130 valence electrons. The molecule has 0 bridgehead atoms. The number of rotatable bonds is 5. The highest BCUT2D eigenvalue weighted by Gasteiger charge is 2.39. The summed E-state index contributed by atoms with van der Waals surface area (Å²) < 4.78 is 0. The van der Waals surface area contributed by atoms with E-state index in [-0.39, 0.29) is 5.91 Å². The Morgan fingerprint density at radius 2 is 1.92 bits per heavy atom. The van der Waals surface area contributed by atoms with Crippen LogP contribution in [0.5, 0.6) is 0 Å². The van der Waals surface area contributed by atoms with Crippen molar-refractivity contribution in [2.24, 2.45) is 0 Å². The van der Waals surface area contributed by atoms with Gasteiger partial charge in [0.05, 0.1) is 12.6 Å². The summed E-state index contributed by atoms with van der Waals surface area (Å²) in [7, 11) is 1.80. The van der Waals surface area contributed by atoms with Crippen molar-refractivity contribution in [1.29, 1.82) is 5.26 Å². The highest BCUT2D eigenvalue weighted by Crippen LogP contribution is 2.32. The normalized spacial score (nSPS) is 16.3. The Hall–Kier alpha value is -2.02. The largest absolute Gasteiger partial charge is 0.362 e. The van der Waals surface area contributed by atoms with Crippen molar-refractivity contribution in [3.8, 4) is 6.07 Å². The molecule has 1 fully saturated rings. The lowest BCUT2D eigenvalue weighted by molar-refractivity contribution is -0.133. The molecule has 1 aliphatic rings. The fourth-order valence-electron chi connectivity index (χ4n) is 3.69. The van der Waals surface area contributed by atoms with Crippen molar-refractivity contribution in [3.63, 3.8) is 0 Å². The SMILES string of the molecule is CCN(CC(=O)N(C)C1(C#N)CCCCC1)c1ccc(C)cc1C. The average molecular weight is 327 g/mol. The molecule has 0 heterocycles. The van der Waals surface area contributed by atoms with Gasteiger partial charge in [0.15, 0.2) is 0 Å². The Morgan fingerprint density at radius 1 is 1.25 bits per heavy atom. The van der Waals surface area contributed by atoms with Crippen LogP contribution < -0.4 is 4.90 Å². The van der Waals surface area contributed by atoms with Gasteiger partial charge in [0.2, 0.25) is 5.91 Å². The van der Waals surface area contributed by atoms with Crippen molar-refractivity contribution in [1.82, 2.24) is 4.90 Å². The van der Waals surface area contributed by atoms with E-state index in [1.54, 1.807) is 11.9 Å². The molecule has 24 heavy (non-hydrogen) atoms. The fraction of sp³-hybridized carbons (Fsp3) is 0.600. The zero-order valence-corrected chi connectivity index (χ0v) is 15.4. The Labute approximate surface area is 146 Å². The topological polar surface area (TPSA) is 47.3 Å². The van der Waals surface area contributed by atoms with Gasteiger partial charge in [-0.25, -0.2) is 0 Å². The van der Waals surface area contributed by atoms with Crippen LogP contribution in [0.3, 0.4) is 0 Å². The van der Waals surface area contributed by atoms with Gasteiger partial charge in [-0.2, -0.15) is 5.26 Å². The number of hydrogen-bond acceptors (Lipinski definition) is 3. The Bertz CT molecular complexity index is 626. The Morgan fingerprint density at radius 3 is 2.46 bits per heavy atom. The van der Waals surface area contributed by atoms with Crippen LogP contribution in [0.15, 0.2) is 18.2 Å². The number of likely N-dealkylation sites (N-methyl/N-ethyl adjacent to an activating group) is 2. The molecule has 0 unspecified atom stereocenters. The predicted octanol–water partition coefficient (Wildman–Crippen LogP) is 3.81. The van der Waals surface area contributed by atoms with E-state index in [0.29, 0.717) is 6.54 Å². The molecule has 1 aliphatic carbocycles. The van der Waals surface area contributed by atoms with Crippen LogP contribution in [0.25, 0.3) is 0 Å². The second kappa shape index (κ2) is 7.70. The third kappa shape index (κ3) is 3.72. The van der Waals surface area contributed by atoms with Gasteiger partial charge >= 0.3 is 0 Å². The van der Waals surface area contributed by atoms with Gasteiger partial charge in [-0.05, 0) is 45.2 Å². The lowest BCUT2D eigenvalue weighted by Gasteiger charge is -2.40. The highest BCUT2D eigenvalue weighted by atomic mass is 16.2. The number of nitrogens with zero attached hydrogens (tertiary/aromatic N) is 3. The smallest absolute Gasteiger partial charge is 0.243 e. The standard InChI is InChI=1S/C20H29N3O/c1-5-23(18-10-9-16(2)13-17(18)3)14-19(24)22(4)20(15-21)11-7-6-8-12-20/h9-10,13H,5-8,11-12,14H2,1-4H3. The maximum Gasteiger partial charge on any atom is 0.243 e. The molecule has 0 saturated heterocycles. The van der Waals surface area contributed by atoms with E-state index in [9.17, 15) is 10.1 Å². The monoisotopic (exact) mass is 327 g/mol. The van der Waals surface area contributed by atoms with Crippen LogP contribution in [-0.4, -0.2) is 36.5 Å². The summed E-state index contributed by atoms with van der Waals surface area (Å²) in [5.74, 6) is 0.0280. The number of benzene rings is 1. The molecule has 0 aliphatic heterocycles. The summed E-state index contributed by atoms with van der Waals surface area (Å²) in [6.07, 6.45) is 4.80. The van der Waals surface area contributed by atoms with Crippen LogP contribution in [0.4, 0.5) is 5.69 Å². The van der Waals surface area contributed by atoms with Gasteiger partial charge in [0.25, 0.3) is 0 Å². The molecule has 4 heteroatoms. The van der Waals surface area contributed by atoms with Gasteiger partial charge in [-0.1, -0.05) is 37.0 Å². The molecule has 1 aromatic rings. The summed E-state index contributed by atoms with van der Waals surface area (Å²) in [6, 6.07) is 8.74. The quantitative estimate of drug-likeness (QED) is 0.826. The van der Waals surface area contributed by atoms with E-state index >= 15 is 0 Å². The first-order valence-corrected chi connectivity index (χ1v) is 8.93. The minimum atomic E-state index is -0.614. The van der Waals surface area contributed by atoms with E-state index in [4.69, 9.17) is 0 Å². The average Bonchev–Trinajstić information content (AvgIpc) is 2.60. The van der Waals surface area contributed by atoms with Crippen molar-refractivity contribution in [2.45, 2.75) is 58.4 Å². The zero-order chi connectivity index (χ0) is 17.7. The second-order valence-corrected chi connectivity index (χ2v) is 6.96. The molecule has 4 nitrogen and oxygen atoms in total. The van der Waals surface area contributed by atoms with Gasteiger partial charge < -0.3 is 9.80 Å². The molecule has 1 amide bonds. The maximum absolute atomic E-state index is 12.9.